The van der Waals surface area contributed by atoms with Crippen molar-refractivity contribution in [2.75, 3.05) is 11.1 Å². The summed E-state index contributed by atoms with van der Waals surface area (Å²) in [6.45, 7) is 0. The van der Waals surface area contributed by atoms with E-state index in [0.717, 1.165) is 0 Å². The molecule has 0 spiro atoms. The summed E-state index contributed by atoms with van der Waals surface area (Å²) in [5.74, 6) is -0.691. The van der Waals surface area contributed by atoms with E-state index >= 15 is 0 Å². The van der Waals surface area contributed by atoms with Crippen LogP contribution in [0.25, 0.3) is 0 Å². The number of aromatic nitrogens is 2. The van der Waals surface area contributed by atoms with E-state index in [0.29, 0.717) is 5.02 Å². The highest BCUT2D eigenvalue weighted by Crippen LogP contribution is 2.22. The van der Waals surface area contributed by atoms with Crippen LogP contribution >= 0.6 is 23.2 Å². The Morgan fingerprint density at radius 2 is 1.81 bits per heavy atom. The lowest BCUT2D eigenvalue weighted by Gasteiger charge is -2.03. The number of halogens is 2. The molecule has 3 rings (SSSR count). The van der Waals surface area contributed by atoms with Gasteiger partial charge in [0, 0.05) is 11.4 Å². The largest absolute Gasteiger partial charge is 0.408 e. The number of amides is 1. The highest BCUT2D eigenvalue weighted by Gasteiger charge is 2.18. The van der Waals surface area contributed by atoms with Crippen molar-refractivity contribution < 1.29 is 17.6 Å². The molecule has 1 N–H and O–H groups in total. The summed E-state index contributed by atoms with van der Waals surface area (Å²) >= 11 is 11.8. The molecule has 0 aliphatic heterocycles. The summed E-state index contributed by atoms with van der Waals surface area (Å²) in [5.41, 5.74) is 0.149. The molecule has 0 saturated heterocycles. The van der Waals surface area contributed by atoms with Gasteiger partial charge in [-0.2, -0.15) is 0 Å². The SMILES string of the molecule is O=C(Nc1nnc(CCS(=O)(=O)c2ccccc2)o1)c1cc(Cl)ccc1Cl. The molecule has 0 atom stereocenters. The standard InChI is InChI=1S/C17H13Cl2N3O4S/c18-11-6-7-14(19)13(10-11)16(23)20-17-22-21-15(26-17)8-9-27(24,25)12-4-2-1-3-5-12/h1-7,10H,8-9H2,(H,20,22,23). The minimum atomic E-state index is -3.47. The van der Waals surface area contributed by atoms with Gasteiger partial charge in [0.25, 0.3) is 5.91 Å². The number of rotatable bonds is 6. The van der Waals surface area contributed by atoms with Gasteiger partial charge in [0.05, 0.1) is 21.2 Å². The summed E-state index contributed by atoms with van der Waals surface area (Å²) in [6.07, 6.45) is 0.0119. The van der Waals surface area contributed by atoms with Crippen LogP contribution < -0.4 is 5.32 Å². The number of nitrogens with zero attached hydrogens (tertiary/aromatic N) is 2. The number of hydrogen-bond donors (Lipinski definition) is 1. The maximum Gasteiger partial charge on any atom is 0.322 e. The molecule has 0 fully saturated rings. The zero-order chi connectivity index (χ0) is 19.4. The number of carbonyl (C=O) groups is 1. The second kappa shape index (κ2) is 8.08. The van der Waals surface area contributed by atoms with Crippen LogP contribution in [0.4, 0.5) is 6.01 Å². The lowest BCUT2D eigenvalue weighted by molar-refractivity contribution is 0.102. The quantitative estimate of drug-likeness (QED) is 0.646. The van der Waals surface area contributed by atoms with Gasteiger partial charge in [-0.05, 0) is 30.3 Å². The van der Waals surface area contributed by atoms with Gasteiger partial charge in [-0.3, -0.25) is 10.1 Å². The number of benzene rings is 2. The predicted octanol–water partition coefficient (Wildman–Crippen LogP) is 3.65. The Morgan fingerprint density at radius 1 is 1.07 bits per heavy atom. The summed E-state index contributed by atoms with van der Waals surface area (Å²) in [7, 11) is -3.47. The van der Waals surface area contributed by atoms with Crippen LogP contribution in [0.15, 0.2) is 57.8 Å². The topological polar surface area (TPSA) is 102 Å². The van der Waals surface area contributed by atoms with Crippen molar-refractivity contribution in [1.29, 1.82) is 0 Å². The summed E-state index contributed by atoms with van der Waals surface area (Å²) in [5, 5.41) is 10.4. The van der Waals surface area contributed by atoms with Gasteiger partial charge in [0.2, 0.25) is 5.89 Å². The van der Waals surface area contributed by atoms with Gasteiger partial charge in [-0.25, -0.2) is 8.42 Å². The van der Waals surface area contributed by atoms with Gasteiger partial charge in [-0.1, -0.05) is 46.5 Å². The van der Waals surface area contributed by atoms with Crippen molar-refractivity contribution in [3.8, 4) is 0 Å². The molecular weight excluding hydrogens is 413 g/mol. The Balaban J connectivity index is 1.65. The van der Waals surface area contributed by atoms with Crippen molar-refractivity contribution >= 4 is 45.0 Å². The Labute approximate surface area is 165 Å². The molecule has 0 radical (unpaired) electrons. The number of nitrogens with one attached hydrogen (secondary N) is 1. The van der Waals surface area contributed by atoms with Crippen LogP contribution in [0, 0.1) is 0 Å². The number of aryl methyl sites for hydroxylation is 1. The Hall–Kier alpha value is -2.42. The van der Waals surface area contributed by atoms with Crippen LogP contribution in [0.1, 0.15) is 16.2 Å². The van der Waals surface area contributed by atoms with E-state index < -0.39 is 15.7 Å². The van der Waals surface area contributed by atoms with Gasteiger partial charge in [-0.15, -0.1) is 5.10 Å². The molecule has 0 unspecified atom stereocenters. The first-order chi connectivity index (χ1) is 12.8. The normalized spacial score (nSPS) is 11.3. The van der Waals surface area contributed by atoms with Crippen molar-refractivity contribution in [2.24, 2.45) is 0 Å². The maximum absolute atomic E-state index is 12.3. The Morgan fingerprint density at radius 3 is 2.56 bits per heavy atom. The third-order valence-corrected chi connectivity index (χ3v) is 5.84. The first kappa shape index (κ1) is 19.3. The predicted molar refractivity (Wildman–Crippen MR) is 101 cm³/mol. The first-order valence-electron chi connectivity index (χ1n) is 7.72. The smallest absolute Gasteiger partial charge is 0.322 e. The average Bonchev–Trinajstić information content (AvgIpc) is 3.10. The first-order valence-corrected chi connectivity index (χ1v) is 10.1. The van der Waals surface area contributed by atoms with Crippen LogP contribution in [0.5, 0.6) is 0 Å². The van der Waals surface area contributed by atoms with E-state index in [2.05, 4.69) is 15.5 Å². The van der Waals surface area contributed by atoms with E-state index in [4.69, 9.17) is 27.6 Å². The maximum atomic E-state index is 12.3. The van der Waals surface area contributed by atoms with Gasteiger partial charge in [0.15, 0.2) is 9.84 Å². The monoisotopic (exact) mass is 425 g/mol. The lowest BCUT2D eigenvalue weighted by atomic mass is 10.2. The Kier molecular flexibility index (Phi) is 5.79. The second-order valence-electron chi connectivity index (χ2n) is 5.46. The highest BCUT2D eigenvalue weighted by atomic mass is 35.5. The van der Waals surface area contributed by atoms with Crippen molar-refractivity contribution in [3.63, 3.8) is 0 Å². The zero-order valence-electron chi connectivity index (χ0n) is 13.7. The molecular formula is C17H13Cl2N3O4S. The van der Waals surface area contributed by atoms with Gasteiger partial charge >= 0.3 is 6.01 Å². The molecule has 0 saturated carbocycles. The molecule has 0 aliphatic rings. The third-order valence-electron chi connectivity index (χ3n) is 3.55. The number of hydrogen-bond acceptors (Lipinski definition) is 6. The fraction of sp³-hybridized carbons (Fsp3) is 0.118. The van der Waals surface area contributed by atoms with Crippen LogP contribution in [-0.4, -0.2) is 30.3 Å². The van der Waals surface area contributed by atoms with Crippen molar-refractivity contribution in [3.05, 3.63) is 70.0 Å². The molecule has 1 heterocycles. The molecule has 140 valence electrons. The average molecular weight is 426 g/mol. The van der Waals surface area contributed by atoms with Crippen molar-refractivity contribution in [1.82, 2.24) is 10.2 Å². The molecule has 1 amide bonds. The van der Waals surface area contributed by atoms with E-state index in [1.165, 1.54) is 24.3 Å². The molecule has 2 aromatic carbocycles. The zero-order valence-corrected chi connectivity index (χ0v) is 16.1. The lowest BCUT2D eigenvalue weighted by Crippen LogP contribution is -2.12. The minimum absolute atomic E-state index is 0.0119. The van der Waals surface area contributed by atoms with E-state index in [-0.39, 0.29) is 39.6 Å². The number of sulfone groups is 1. The van der Waals surface area contributed by atoms with E-state index in [1.807, 2.05) is 0 Å². The van der Waals surface area contributed by atoms with Crippen LogP contribution in [0.3, 0.4) is 0 Å². The molecule has 0 aliphatic carbocycles. The molecule has 0 bridgehead atoms. The highest BCUT2D eigenvalue weighted by molar-refractivity contribution is 7.91. The van der Waals surface area contributed by atoms with Gasteiger partial charge in [0.1, 0.15) is 0 Å². The summed E-state index contributed by atoms with van der Waals surface area (Å²) in [4.78, 5) is 12.4. The van der Waals surface area contributed by atoms with Crippen LogP contribution in [0.2, 0.25) is 10.0 Å². The molecule has 1 aromatic heterocycles. The molecule has 10 heteroatoms. The molecule has 3 aromatic rings. The Bertz CT molecular complexity index is 1070. The fourth-order valence-corrected chi connectivity index (χ4v) is 3.83. The summed E-state index contributed by atoms with van der Waals surface area (Å²) < 4.78 is 29.8. The van der Waals surface area contributed by atoms with E-state index in [9.17, 15) is 13.2 Å². The minimum Gasteiger partial charge on any atom is -0.408 e. The van der Waals surface area contributed by atoms with E-state index in [1.54, 1.807) is 24.3 Å². The number of carbonyl (C=O) groups excluding carboxylic acids is 1. The van der Waals surface area contributed by atoms with Crippen LogP contribution in [-0.2, 0) is 16.3 Å². The molecule has 27 heavy (non-hydrogen) atoms. The van der Waals surface area contributed by atoms with Gasteiger partial charge < -0.3 is 4.42 Å². The number of anilines is 1. The third kappa shape index (κ3) is 4.85. The second-order valence-corrected chi connectivity index (χ2v) is 8.41. The molecule has 7 nitrogen and oxygen atoms in total. The van der Waals surface area contributed by atoms with Crippen molar-refractivity contribution in [2.45, 2.75) is 11.3 Å². The summed E-state index contributed by atoms with van der Waals surface area (Å²) in [6, 6.07) is 12.4. The fourth-order valence-electron chi connectivity index (χ4n) is 2.21.